The molecule has 1 unspecified atom stereocenters. The van der Waals surface area contributed by atoms with Gasteiger partial charge in [0.05, 0.1) is 20.2 Å². The minimum atomic E-state index is -4.27. The highest BCUT2D eigenvalue weighted by Gasteiger charge is 2.85. The number of carbonyl (C=O) groups excluding carboxylic acids is 1. The van der Waals surface area contributed by atoms with Crippen molar-refractivity contribution < 1.29 is 17.9 Å². The molecule has 1 amide bonds. The van der Waals surface area contributed by atoms with Gasteiger partial charge in [-0.1, -0.05) is 57.1 Å². The number of aromatic nitrogens is 4. The number of sulfonamides is 1. The third-order valence-electron chi connectivity index (χ3n) is 11.2. The highest BCUT2D eigenvalue weighted by atomic mass is 35.5. The fourth-order valence-corrected chi connectivity index (χ4v) is 12.6. The molecule has 47 heavy (non-hydrogen) atoms. The van der Waals surface area contributed by atoms with E-state index in [0.29, 0.717) is 40.4 Å². The SMILES string of the molecule is CC1(C)CCC(C[Si](C)(C)CNc2cccc(S(=O)(=O)NC(=O)c3ccc(-n4ccc(OCCC5C6(CC6)C56CC6)n4)nc3Cl)n2)C1. The number of hydrogen-bond donors (Lipinski definition) is 2. The minimum absolute atomic E-state index is 0.0767. The van der Waals surface area contributed by atoms with Gasteiger partial charge in [0.15, 0.2) is 10.8 Å². The Kier molecular flexibility index (Phi) is 8.03. The molecule has 4 aliphatic rings. The second kappa shape index (κ2) is 11.6. The molecule has 13 heteroatoms. The number of pyridine rings is 2. The molecule has 3 heterocycles. The number of nitrogens with zero attached hydrogens (tertiary/aromatic N) is 4. The molecular weight excluding hydrogens is 652 g/mol. The van der Waals surface area contributed by atoms with E-state index in [9.17, 15) is 13.2 Å². The van der Waals surface area contributed by atoms with Gasteiger partial charge in [-0.05, 0) is 97.3 Å². The van der Waals surface area contributed by atoms with Crippen molar-refractivity contribution in [3.63, 3.8) is 0 Å². The summed E-state index contributed by atoms with van der Waals surface area (Å²) in [6.07, 6.45) is 12.9. The lowest BCUT2D eigenvalue weighted by Crippen LogP contribution is -2.37. The summed E-state index contributed by atoms with van der Waals surface area (Å²) in [6.45, 7) is 10.0. The molecule has 4 aliphatic carbocycles. The Bertz CT molecular complexity index is 1780. The number of nitrogens with one attached hydrogen (secondary N) is 2. The third kappa shape index (κ3) is 6.57. The van der Waals surface area contributed by atoms with Gasteiger partial charge in [-0.25, -0.2) is 19.4 Å². The van der Waals surface area contributed by atoms with Gasteiger partial charge in [0.25, 0.3) is 15.9 Å². The molecule has 7 rings (SSSR count). The van der Waals surface area contributed by atoms with Gasteiger partial charge < -0.3 is 10.1 Å². The number of hydrogen-bond acceptors (Lipinski definition) is 8. The van der Waals surface area contributed by atoms with E-state index in [1.807, 2.05) is 0 Å². The second-order valence-electron chi connectivity index (χ2n) is 15.9. The van der Waals surface area contributed by atoms with Gasteiger partial charge in [0, 0.05) is 18.4 Å². The highest BCUT2D eigenvalue weighted by molar-refractivity contribution is 7.90. The normalized spacial score (nSPS) is 21.9. The molecule has 10 nitrogen and oxygen atoms in total. The van der Waals surface area contributed by atoms with Crippen LogP contribution in [0.25, 0.3) is 5.82 Å². The van der Waals surface area contributed by atoms with Gasteiger partial charge in [-0.2, -0.15) is 8.42 Å². The van der Waals surface area contributed by atoms with Crippen LogP contribution in [0.15, 0.2) is 47.6 Å². The number of rotatable bonds is 13. The Labute approximate surface area is 283 Å². The number of ether oxygens (including phenoxy) is 1. The number of amides is 1. The van der Waals surface area contributed by atoms with E-state index in [2.05, 4.69) is 52.0 Å². The first kappa shape index (κ1) is 32.6. The smallest absolute Gasteiger partial charge is 0.281 e. The summed E-state index contributed by atoms with van der Waals surface area (Å²) < 4.78 is 35.9. The number of carbonyl (C=O) groups is 1. The third-order valence-corrected chi connectivity index (χ3v) is 15.6. The number of halogens is 1. The van der Waals surface area contributed by atoms with Gasteiger partial charge in [-0.15, -0.1) is 5.10 Å². The zero-order valence-corrected chi connectivity index (χ0v) is 30.3. The van der Waals surface area contributed by atoms with Crippen molar-refractivity contribution in [3.05, 3.63) is 53.3 Å². The maximum atomic E-state index is 13.2. The zero-order chi connectivity index (χ0) is 33.2. The molecule has 2 N–H and O–H groups in total. The lowest BCUT2D eigenvalue weighted by molar-refractivity contribution is 0.0981. The van der Waals surface area contributed by atoms with Crippen LogP contribution in [-0.2, 0) is 10.0 Å². The summed E-state index contributed by atoms with van der Waals surface area (Å²) in [5.74, 6) is 2.01. The summed E-state index contributed by atoms with van der Waals surface area (Å²) in [5, 5.41) is 7.42. The Morgan fingerprint density at radius 2 is 1.81 bits per heavy atom. The quantitative estimate of drug-likeness (QED) is 0.146. The van der Waals surface area contributed by atoms with Crippen LogP contribution in [0.3, 0.4) is 0 Å². The average molecular weight is 697 g/mol. The van der Waals surface area contributed by atoms with Crippen molar-refractivity contribution >= 4 is 41.4 Å². The van der Waals surface area contributed by atoms with E-state index in [4.69, 9.17) is 16.3 Å². The summed E-state index contributed by atoms with van der Waals surface area (Å²) >= 11 is 6.37. The first-order valence-electron chi connectivity index (χ1n) is 16.8. The van der Waals surface area contributed by atoms with E-state index in [1.165, 1.54) is 67.8 Å². The van der Waals surface area contributed by atoms with Crippen LogP contribution < -0.4 is 14.8 Å². The molecule has 252 valence electrons. The first-order valence-corrected chi connectivity index (χ1v) is 22.1. The summed E-state index contributed by atoms with van der Waals surface area (Å²) in [7, 11) is -5.87. The molecule has 0 aromatic carbocycles. The maximum absolute atomic E-state index is 13.2. The topological polar surface area (TPSA) is 128 Å². The van der Waals surface area contributed by atoms with Crippen LogP contribution in [0.1, 0.15) is 75.6 Å². The van der Waals surface area contributed by atoms with Crippen LogP contribution >= 0.6 is 11.6 Å². The molecule has 4 fully saturated rings. The van der Waals surface area contributed by atoms with Crippen molar-refractivity contribution in [2.45, 2.75) is 89.4 Å². The highest BCUT2D eigenvalue weighted by Crippen LogP contribution is 2.93. The average Bonchev–Trinajstić information content (AvgIpc) is 3.96. The molecule has 0 radical (unpaired) electrons. The largest absolute Gasteiger partial charge is 0.477 e. The number of fused-ring (bicyclic) bond motifs is 1. The Morgan fingerprint density at radius 3 is 2.47 bits per heavy atom. The van der Waals surface area contributed by atoms with Gasteiger partial charge >= 0.3 is 0 Å². The molecule has 0 bridgehead atoms. The molecule has 3 aromatic rings. The molecule has 0 saturated heterocycles. The second-order valence-corrected chi connectivity index (χ2v) is 23.0. The molecule has 1 atom stereocenters. The predicted molar refractivity (Wildman–Crippen MR) is 184 cm³/mol. The van der Waals surface area contributed by atoms with Gasteiger partial charge in [0.1, 0.15) is 11.0 Å². The standard InChI is InChI=1S/C34H45ClN6O4SSi/c1-32(2)13-10-23(20-32)21-47(3,4)22-36-26-6-5-7-29(37-26)46(43,44)40-31(42)24-8-9-27(38-30(24)35)41-18-11-28(39-41)45-19-12-25-33(14-15-33)34(25)16-17-34/h5-9,11,18,23,25H,10,12-17,19-22H2,1-4H3,(H,36,37)(H,40,42). The molecule has 0 aliphatic heterocycles. The number of anilines is 1. The van der Waals surface area contributed by atoms with Gasteiger partial charge in [-0.3, -0.25) is 4.79 Å². The zero-order valence-electron chi connectivity index (χ0n) is 27.7. The molecule has 4 saturated carbocycles. The van der Waals surface area contributed by atoms with Crippen LogP contribution in [0.2, 0.25) is 24.3 Å². The monoisotopic (exact) mass is 696 g/mol. The Hall–Kier alpha value is -2.96. The molecule has 2 spiro atoms. The van der Waals surface area contributed by atoms with Crippen LogP contribution in [-0.4, -0.2) is 54.9 Å². The minimum Gasteiger partial charge on any atom is -0.477 e. The fraction of sp³-hybridized carbons (Fsp3) is 0.588. The van der Waals surface area contributed by atoms with Crippen molar-refractivity contribution in [2.75, 3.05) is 18.1 Å². The molecular formula is C34H45ClN6O4SSi. The van der Waals surface area contributed by atoms with Crippen LogP contribution in [0, 0.1) is 28.1 Å². The summed E-state index contributed by atoms with van der Waals surface area (Å²) in [4.78, 5) is 21.7. The lowest BCUT2D eigenvalue weighted by Gasteiger charge is -2.27. The van der Waals surface area contributed by atoms with Crippen molar-refractivity contribution in [2.24, 2.45) is 28.1 Å². The van der Waals surface area contributed by atoms with Crippen molar-refractivity contribution in [1.29, 1.82) is 0 Å². The summed E-state index contributed by atoms with van der Waals surface area (Å²) in [5.41, 5.74) is 1.66. The van der Waals surface area contributed by atoms with Gasteiger partial charge in [0.2, 0.25) is 5.88 Å². The van der Waals surface area contributed by atoms with Crippen LogP contribution in [0.5, 0.6) is 5.88 Å². The van der Waals surface area contributed by atoms with Crippen molar-refractivity contribution in [3.8, 4) is 11.7 Å². The summed E-state index contributed by atoms with van der Waals surface area (Å²) in [6, 6.07) is 10.7. The molecule has 3 aromatic heterocycles. The predicted octanol–water partition coefficient (Wildman–Crippen LogP) is 6.88. The van der Waals surface area contributed by atoms with E-state index in [1.54, 1.807) is 30.5 Å². The van der Waals surface area contributed by atoms with Crippen molar-refractivity contribution in [1.82, 2.24) is 24.5 Å². The fourth-order valence-electron chi connectivity index (χ4n) is 8.70. The Balaban J connectivity index is 0.930. The maximum Gasteiger partial charge on any atom is 0.281 e. The van der Waals surface area contributed by atoms with E-state index in [0.717, 1.165) is 24.4 Å². The van der Waals surface area contributed by atoms with Crippen LogP contribution in [0.4, 0.5) is 5.82 Å². The van der Waals surface area contributed by atoms with E-state index >= 15 is 0 Å². The lowest BCUT2D eigenvalue weighted by atomic mass is 9.91. The van der Waals surface area contributed by atoms with E-state index in [-0.39, 0.29) is 15.7 Å². The van der Waals surface area contributed by atoms with E-state index < -0.39 is 24.0 Å². The first-order chi connectivity index (χ1) is 22.2. The Morgan fingerprint density at radius 1 is 1.06 bits per heavy atom.